The number of nitrogens with zero attached hydrogens (tertiary/aromatic N) is 2. The molecule has 3 aromatic carbocycles. The summed E-state index contributed by atoms with van der Waals surface area (Å²) in [6.07, 6.45) is 4.39. The van der Waals surface area contributed by atoms with E-state index in [4.69, 9.17) is 0 Å². The number of nitrogens with one attached hydrogen (secondary N) is 1. The van der Waals surface area contributed by atoms with Gasteiger partial charge in [0.05, 0.1) is 4.90 Å². The molecular formula is C32H37N3O4S. The summed E-state index contributed by atoms with van der Waals surface area (Å²) in [4.78, 5) is 29.0. The van der Waals surface area contributed by atoms with Crippen LogP contribution in [0.5, 0.6) is 0 Å². The molecular weight excluding hydrogens is 522 g/mol. The number of rotatable bonds is 13. The summed E-state index contributed by atoms with van der Waals surface area (Å²) >= 11 is 0. The minimum atomic E-state index is -3.49. The van der Waals surface area contributed by atoms with Gasteiger partial charge in [-0.3, -0.25) is 9.59 Å². The molecule has 2 amide bonds. The average molecular weight is 560 g/mol. The maximum atomic E-state index is 13.8. The molecule has 8 heteroatoms. The predicted molar refractivity (Wildman–Crippen MR) is 157 cm³/mol. The Labute approximate surface area is 237 Å². The van der Waals surface area contributed by atoms with Gasteiger partial charge in [-0.2, -0.15) is 4.31 Å². The molecule has 0 aliphatic carbocycles. The van der Waals surface area contributed by atoms with Crippen molar-refractivity contribution in [3.63, 3.8) is 0 Å². The van der Waals surface area contributed by atoms with E-state index in [0.29, 0.717) is 39.0 Å². The van der Waals surface area contributed by atoms with Crippen molar-refractivity contribution < 1.29 is 18.0 Å². The van der Waals surface area contributed by atoms with Crippen molar-refractivity contribution >= 4 is 21.8 Å². The van der Waals surface area contributed by atoms with Gasteiger partial charge in [0.25, 0.3) is 0 Å². The maximum absolute atomic E-state index is 13.8. The molecule has 0 bridgehead atoms. The third kappa shape index (κ3) is 7.67. The summed E-state index contributed by atoms with van der Waals surface area (Å²) in [7, 11) is -3.49. The van der Waals surface area contributed by atoms with Crippen LogP contribution in [0.4, 0.5) is 0 Å². The van der Waals surface area contributed by atoms with Gasteiger partial charge < -0.3 is 10.2 Å². The predicted octanol–water partition coefficient (Wildman–Crippen LogP) is 4.35. The minimum absolute atomic E-state index is 0.146. The molecule has 0 radical (unpaired) electrons. The highest BCUT2D eigenvalue weighted by Gasteiger charge is 2.30. The van der Waals surface area contributed by atoms with Crippen LogP contribution in [0, 0.1) is 0 Å². The molecule has 4 rings (SSSR count). The fraction of sp³-hybridized carbons (Fsp3) is 0.312. The SMILES string of the molecule is C=CCNC(=O)[C@@H](Cc1ccccc1)N(Cc1ccccc1)C(=O)CCc1ccc(S(=O)(=O)N2CCCC2)cc1. The number of benzene rings is 3. The van der Waals surface area contributed by atoms with Crippen LogP contribution >= 0.6 is 0 Å². The normalized spacial score (nSPS) is 14.4. The van der Waals surface area contributed by atoms with Gasteiger partial charge in [0, 0.05) is 39.0 Å². The van der Waals surface area contributed by atoms with Crippen LogP contribution in [-0.2, 0) is 39.0 Å². The molecule has 0 spiro atoms. The highest BCUT2D eigenvalue weighted by molar-refractivity contribution is 7.89. The van der Waals surface area contributed by atoms with Crippen molar-refractivity contribution in [3.05, 3.63) is 114 Å². The summed E-state index contributed by atoms with van der Waals surface area (Å²) in [6, 6.07) is 25.4. The van der Waals surface area contributed by atoms with Crippen molar-refractivity contribution in [2.75, 3.05) is 19.6 Å². The molecule has 1 fully saturated rings. The Morgan fingerprint density at radius 1 is 0.875 bits per heavy atom. The number of hydrogen-bond acceptors (Lipinski definition) is 4. The molecule has 1 atom stereocenters. The van der Waals surface area contributed by atoms with E-state index in [1.54, 1.807) is 35.2 Å². The zero-order valence-electron chi connectivity index (χ0n) is 22.7. The van der Waals surface area contributed by atoms with Gasteiger partial charge in [0.1, 0.15) is 6.04 Å². The van der Waals surface area contributed by atoms with E-state index < -0.39 is 16.1 Å². The second-order valence-electron chi connectivity index (χ2n) is 10.0. The molecule has 1 saturated heterocycles. The topological polar surface area (TPSA) is 86.8 Å². The monoisotopic (exact) mass is 559 g/mol. The van der Waals surface area contributed by atoms with Gasteiger partial charge >= 0.3 is 0 Å². The number of sulfonamides is 1. The molecule has 0 aromatic heterocycles. The first-order valence-corrected chi connectivity index (χ1v) is 15.2. The van der Waals surface area contributed by atoms with Crippen LogP contribution in [0.3, 0.4) is 0 Å². The van der Waals surface area contributed by atoms with E-state index in [9.17, 15) is 18.0 Å². The lowest BCUT2D eigenvalue weighted by molar-refractivity contribution is -0.141. The van der Waals surface area contributed by atoms with Crippen molar-refractivity contribution in [1.29, 1.82) is 0 Å². The molecule has 0 unspecified atom stereocenters. The van der Waals surface area contributed by atoms with Gasteiger partial charge in [0.2, 0.25) is 21.8 Å². The van der Waals surface area contributed by atoms with E-state index >= 15 is 0 Å². The lowest BCUT2D eigenvalue weighted by Crippen LogP contribution is -2.50. The number of carbonyl (C=O) groups is 2. The standard InChI is InChI=1S/C32H37N3O4S/c1-2-21-33-32(37)30(24-27-11-5-3-6-12-27)35(25-28-13-7-4-8-14-28)31(36)20-17-26-15-18-29(19-16-26)40(38,39)34-22-9-10-23-34/h2-8,11-16,18-19,30H,1,9-10,17,20-25H2,(H,33,37)/t30-/m1/s1. The zero-order chi connectivity index (χ0) is 28.4. The molecule has 3 aromatic rings. The third-order valence-electron chi connectivity index (χ3n) is 7.14. The van der Waals surface area contributed by atoms with E-state index in [1.165, 1.54) is 4.31 Å². The summed E-state index contributed by atoms with van der Waals surface area (Å²) < 4.78 is 27.2. The Bertz CT molecular complexity index is 1370. The van der Waals surface area contributed by atoms with E-state index in [1.807, 2.05) is 60.7 Å². The second-order valence-corrected chi connectivity index (χ2v) is 11.9. The molecule has 0 saturated carbocycles. The number of amides is 2. The summed E-state index contributed by atoms with van der Waals surface area (Å²) in [5.74, 6) is -0.378. The third-order valence-corrected chi connectivity index (χ3v) is 9.05. The number of aryl methyl sites for hydroxylation is 1. The van der Waals surface area contributed by atoms with Crippen LogP contribution in [0.1, 0.15) is 36.0 Å². The van der Waals surface area contributed by atoms with Crippen molar-refractivity contribution in [3.8, 4) is 0 Å². The highest BCUT2D eigenvalue weighted by Crippen LogP contribution is 2.22. The molecule has 1 heterocycles. The molecule has 1 N–H and O–H groups in total. The fourth-order valence-corrected chi connectivity index (χ4v) is 6.44. The van der Waals surface area contributed by atoms with Gasteiger partial charge in [0.15, 0.2) is 0 Å². The van der Waals surface area contributed by atoms with E-state index in [0.717, 1.165) is 29.5 Å². The molecule has 7 nitrogen and oxygen atoms in total. The van der Waals surface area contributed by atoms with E-state index in [2.05, 4.69) is 11.9 Å². The Balaban J connectivity index is 1.53. The quantitative estimate of drug-likeness (QED) is 0.316. The smallest absolute Gasteiger partial charge is 0.243 e. The van der Waals surface area contributed by atoms with Crippen LogP contribution in [0.2, 0.25) is 0 Å². The van der Waals surface area contributed by atoms with Gasteiger partial charge in [-0.1, -0.05) is 78.9 Å². The Kier molecular flexibility index (Phi) is 10.3. The summed E-state index contributed by atoms with van der Waals surface area (Å²) in [5.41, 5.74) is 2.76. The van der Waals surface area contributed by atoms with Crippen LogP contribution in [0.25, 0.3) is 0 Å². The number of carbonyl (C=O) groups excluding carboxylic acids is 2. The molecule has 210 valence electrons. The minimum Gasteiger partial charge on any atom is -0.351 e. The molecule has 1 aliphatic heterocycles. The first-order chi connectivity index (χ1) is 19.4. The van der Waals surface area contributed by atoms with Gasteiger partial charge in [-0.05, 0) is 48.1 Å². The lowest BCUT2D eigenvalue weighted by atomic mass is 10.0. The second kappa shape index (κ2) is 14.1. The van der Waals surface area contributed by atoms with Crippen LogP contribution in [0.15, 0.2) is 102 Å². The Morgan fingerprint density at radius 3 is 2.08 bits per heavy atom. The Hall–Kier alpha value is -3.75. The first-order valence-electron chi connectivity index (χ1n) is 13.7. The van der Waals surface area contributed by atoms with Gasteiger partial charge in [-0.15, -0.1) is 6.58 Å². The van der Waals surface area contributed by atoms with Gasteiger partial charge in [-0.25, -0.2) is 8.42 Å². The summed E-state index contributed by atoms with van der Waals surface area (Å²) in [6.45, 7) is 5.41. The summed E-state index contributed by atoms with van der Waals surface area (Å²) in [5, 5.41) is 2.88. The van der Waals surface area contributed by atoms with Crippen molar-refractivity contribution in [2.45, 2.75) is 49.6 Å². The maximum Gasteiger partial charge on any atom is 0.243 e. The number of hydrogen-bond donors (Lipinski definition) is 1. The Morgan fingerprint density at radius 2 is 1.48 bits per heavy atom. The molecule has 40 heavy (non-hydrogen) atoms. The highest BCUT2D eigenvalue weighted by atomic mass is 32.2. The van der Waals surface area contributed by atoms with E-state index in [-0.39, 0.29) is 23.1 Å². The van der Waals surface area contributed by atoms with Crippen LogP contribution < -0.4 is 5.32 Å². The van der Waals surface area contributed by atoms with Crippen molar-refractivity contribution in [2.24, 2.45) is 0 Å². The zero-order valence-corrected chi connectivity index (χ0v) is 23.6. The van der Waals surface area contributed by atoms with Crippen LogP contribution in [-0.4, -0.2) is 55.1 Å². The lowest BCUT2D eigenvalue weighted by Gasteiger charge is -2.31. The average Bonchev–Trinajstić information content (AvgIpc) is 3.54. The first kappa shape index (κ1) is 29.2. The van der Waals surface area contributed by atoms with Crippen molar-refractivity contribution in [1.82, 2.24) is 14.5 Å². The fourth-order valence-electron chi connectivity index (χ4n) is 4.93. The largest absolute Gasteiger partial charge is 0.351 e. The molecule has 1 aliphatic rings.